The molecule has 2 rings (SSSR count). The number of esters is 1. The van der Waals surface area contributed by atoms with Crippen LogP contribution in [-0.2, 0) is 4.74 Å². The third kappa shape index (κ3) is 3.23. The lowest BCUT2D eigenvalue weighted by Gasteiger charge is -2.19. The average molecular weight is 292 g/mol. The van der Waals surface area contributed by atoms with Crippen molar-refractivity contribution < 1.29 is 9.53 Å². The molecule has 0 fully saturated rings. The fourth-order valence-electron chi connectivity index (χ4n) is 2.02. The lowest BCUT2D eigenvalue weighted by Crippen LogP contribution is -2.23. The van der Waals surface area contributed by atoms with E-state index < -0.39 is 5.60 Å². The van der Waals surface area contributed by atoms with Crippen LogP contribution in [0.1, 0.15) is 36.7 Å². The molecule has 0 spiro atoms. The summed E-state index contributed by atoms with van der Waals surface area (Å²) in [6, 6.07) is 5.82. The summed E-state index contributed by atoms with van der Waals surface area (Å²) in [6.07, 6.45) is 5.45. The number of halogens is 1. The van der Waals surface area contributed by atoms with Gasteiger partial charge in [0.2, 0.25) is 0 Å². The van der Waals surface area contributed by atoms with E-state index in [1.807, 2.05) is 51.1 Å². The molecule has 20 heavy (non-hydrogen) atoms. The Labute approximate surface area is 123 Å². The van der Waals surface area contributed by atoms with Crippen molar-refractivity contribution in [1.29, 1.82) is 0 Å². The van der Waals surface area contributed by atoms with E-state index in [1.165, 1.54) is 0 Å². The van der Waals surface area contributed by atoms with Gasteiger partial charge in [0.1, 0.15) is 5.60 Å². The summed E-state index contributed by atoms with van der Waals surface area (Å²) in [5, 5.41) is 0.864. The Morgan fingerprint density at radius 1 is 1.40 bits per heavy atom. The van der Waals surface area contributed by atoms with E-state index in [1.54, 1.807) is 6.20 Å². The van der Waals surface area contributed by atoms with Crippen molar-refractivity contribution in [2.24, 2.45) is 0 Å². The zero-order chi connectivity index (χ0) is 14.8. The van der Waals surface area contributed by atoms with Crippen LogP contribution in [0.25, 0.3) is 17.0 Å². The van der Waals surface area contributed by atoms with Crippen LogP contribution in [0, 0.1) is 0 Å². The van der Waals surface area contributed by atoms with Gasteiger partial charge in [-0.05, 0) is 32.4 Å². The number of nitrogens with one attached hydrogen (secondary N) is 1. The lowest BCUT2D eigenvalue weighted by molar-refractivity contribution is 0.00719. The molecule has 1 N–H and O–H groups in total. The fraction of sp³-hybridized carbons (Fsp3) is 0.312. The molecule has 1 heterocycles. The summed E-state index contributed by atoms with van der Waals surface area (Å²) < 4.78 is 5.44. The second-order valence-corrected chi connectivity index (χ2v) is 5.84. The Bertz CT molecular complexity index is 650. The molecule has 4 heteroatoms. The summed E-state index contributed by atoms with van der Waals surface area (Å²) in [4.78, 5) is 15.4. The minimum atomic E-state index is -0.512. The Kier molecular flexibility index (Phi) is 4.19. The molecule has 0 aliphatic heterocycles. The minimum Gasteiger partial charge on any atom is -0.456 e. The van der Waals surface area contributed by atoms with Crippen molar-refractivity contribution in [2.75, 3.05) is 5.88 Å². The van der Waals surface area contributed by atoms with Gasteiger partial charge in [0.15, 0.2) is 0 Å². The number of carbonyl (C=O) groups is 1. The van der Waals surface area contributed by atoms with Crippen LogP contribution in [0.15, 0.2) is 30.5 Å². The van der Waals surface area contributed by atoms with E-state index in [0.717, 1.165) is 16.5 Å². The monoisotopic (exact) mass is 291 g/mol. The largest absolute Gasteiger partial charge is 0.456 e. The highest BCUT2D eigenvalue weighted by Crippen LogP contribution is 2.25. The van der Waals surface area contributed by atoms with Gasteiger partial charge in [-0.3, -0.25) is 0 Å². The van der Waals surface area contributed by atoms with Crippen molar-refractivity contribution in [2.45, 2.75) is 26.4 Å². The van der Waals surface area contributed by atoms with Gasteiger partial charge in [0.05, 0.1) is 5.56 Å². The first-order chi connectivity index (χ1) is 9.42. The first-order valence-electron chi connectivity index (χ1n) is 6.48. The first kappa shape index (κ1) is 14.7. The van der Waals surface area contributed by atoms with Crippen molar-refractivity contribution in [1.82, 2.24) is 4.98 Å². The molecule has 0 atom stereocenters. The number of rotatable bonds is 3. The molecule has 0 aliphatic carbocycles. The maximum Gasteiger partial charge on any atom is 0.340 e. The Morgan fingerprint density at radius 2 is 2.15 bits per heavy atom. The molecule has 0 aliphatic rings. The third-order valence-electron chi connectivity index (χ3n) is 2.74. The summed E-state index contributed by atoms with van der Waals surface area (Å²) in [5.41, 5.74) is 1.89. The highest BCUT2D eigenvalue weighted by molar-refractivity contribution is 6.19. The van der Waals surface area contributed by atoms with Gasteiger partial charge in [-0.1, -0.05) is 24.3 Å². The first-order valence-corrected chi connectivity index (χ1v) is 7.02. The standard InChI is InChI=1S/C16H18ClNO2/c1-16(2,3)20-15(19)12-10-18-13-8-4-6-11(14(12)13)7-5-9-17/h4-8,10,18H,9H2,1-3H3/b7-5+. The van der Waals surface area contributed by atoms with Crippen molar-refractivity contribution in [3.8, 4) is 0 Å². The van der Waals surface area contributed by atoms with E-state index in [2.05, 4.69) is 4.98 Å². The normalized spacial score (nSPS) is 12.2. The third-order valence-corrected chi connectivity index (χ3v) is 2.92. The molecule has 0 amide bonds. The zero-order valence-electron chi connectivity index (χ0n) is 11.9. The molecule has 0 unspecified atom stereocenters. The van der Waals surface area contributed by atoms with Crippen LogP contribution in [0.3, 0.4) is 0 Å². The number of allylic oxidation sites excluding steroid dienone is 1. The van der Waals surface area contributed by atoms with Gasteiger partial charge in [-0.25, -0.2) is 4.79 Å². The van der Waals surface area contributed by atoms with Gasteiger partial charge in [0.25, 0.3) is 0 Å². The number of hydrogen-bond acceptors (Lipinski definition) is 2. The Morgan fingerprint density at radius 3 is 2.80 bits per heavy atom. The van der Waals surface area contributed by atoms with Gasteiger partial charge >= 0.3 is 5.97 Å². The average Bonchev–Trinajstić information content (AvgIpc) is 2.78. The number of H-pyrrole nitrogens is 1. The van der Waals surface area contributed by atoms with Crippen LogP contribution in [0.4, 0.5) is 0 Å². The van der Waals surface area contributed by atoms with E-state index >= 15 is 0 Å². The number of benzene rings is 1. The number of alkyl halides is 1. The van der Waals surface area contributed by atoms with Crippen molar-refractivity contribution in [3.05, 3.63) is 41.6 Å². The SMILES string of the molecule is CC(C)(C)OC(=O)c1c[nH]c2cccc(/C=C/CCl)c12. The van der Waals surface area contributed by atoms with Gasteiger partial charge in [0, 0.05) is 23.0 Å². The molecule has 0 saturated carbocycles. The smallest absolute Gasteiger partial charge is 0.340 e. The maximum atomic E-state index is 12.3. The summed E-state index contributed by atoms with van der Waals surface area (Å²) in [5.74, 6) is 0.109. The van der Waals surface area contributed by atoms with Crippen molar-refractivity contribution >= 4 is 34.5 Å². The Balaban J connectivity index is 2.49. The van der Waals surface area contributed by atoms with E-state index in [4.69, 9.17) is 16.3 Å². The highest BCUT2D eigenvalue weighted by atomic mass is 35.5. The number of carbonyl (C=O) groups excluding carboxylic acids is 1. The molecule has 1 aromatic carbocycles. The zero-order valence-corrected chi connectivity index (χ0v) is 12.6. The predicted molar refractivity (Wildman–Crippen MR) is 83.2 cm³/mol. The van der Waals surface area contributed by atoms with Gasteiger partial charge in [-0.15, -0.1) is 11.6 Å². The maximum absolute atomic E-state index is 12.3. The summed E-state index contributed by atoms with van der Waals surface area (Å²) in [7, 11) is 0. The number of aromatic amines is 1. The number of fused-ring (bicyclic) bond motifs is 1. The Hall–Kier alpha value is -1.74. The predicted octanol–water partition coefficient (Wildman–Crippen LogP) is 4.38. The summed E-state index contributed by atoms with van der Waals surface area (Å²) in [6.45, 7) is 5.57. The second kappa shape index (κ2) is 5.71. The van der Waals surface area contributed by atoms with Crippen LogP contribution >= 0.6 is 11.6 Å². The molecular weight excluding hydrogens is 274 g/mol. The van der Waals surface area contributed by atoms with Crippen LogP contribution in [0.5, 0.6) is 0 Å². The van der Waals surface area contributed by atoms with Crippen LogP contribution in [-0.4, -0.2) is 22.4 Å². The molecule has 0 radical (unpaired) electrons. The van der Waals surface area contributed by atoms with E-state index in [9.17, 15) is 4.79 Å². The quantitative estimate of drug-likeness (QED) is 0.674. The van der Waals surface area contributed by atoms with Crippen LogP contribution in [0.2, 0.25) is 0 Å². The minimum absolute atomic E-state index is 0.324. The topological polar surface area (TPSA) is 42.1 Å². The van der Waals surface area contributed by atoms with Crippen LogP contribution < -0.4 is 0 Å². The number of aromatic nitrogens is 1. The lowest BCUT2D eigenvalue weighted by atomic mass is 10.1. The number of ether oxygens (including phenoxy) is 1. The van der Waals surface area contributed by atoms with Crippen molar-refractivity contribution in [3.63, 3.8) is 0 Å². The summed E-state index contributed by atoms with van der Waals surface area (Å²) >= 11 is 5.68. The molecular formula is C16H18ClNO2. The fourth-order valence-corrected chi connectivity index (χ4v) is 2.11. The molecule has 0 bridgehead atoms. The molecule has 1 aromatic heterocycles. The second-order valence-electron chi connectivity index (χ2n) is 5.53. The van der Waals surface area contributed by atoms with Gasteiger partial charge in [-0.2, -0.15) is 0 Å². The molecule has 2 aromatic rings. The number of hydrogen-bond donors (Lipinski definition) is 1. The molecule has 3 nitrogen and oxygen atoms in total. The molecule has 0 saturated heterocycles. The highest BCUT2D eigenvalue weighted by Gasteiger charge is 2.21. The van der Waals surface area contributed by atoms with E-state index in [-0.39, 0.29) is 5.97 Å². The van der Waals surface area contributed by atoms with E-state index in [0.29, 0.717) is 11.4 Å². The molecule has 106 valence electrons. The van der Waals surface area contributed by atoms with Gasteiger partial charge < -0.3 is 9.72 Å².